The summed E-state index contributed by atoms with van der Waals surface area (Å²) in [5.41, 5.74) is 5.46. The first kappa shape index (κ1) is 20.3. The predicted molar refractivity (Wildman–Crippen MR) is 97.7 cm³/mol. The van der Waals surface area contributed by atoms with Gasteiger partial charge < -0.3 is 16.2 Å². The van der Waals surface area contributed by atoms with Crippen LogP contribution in [0.3, 0.4) is 0 Å². The van der Waals surface area contributed by atoms with Crippen molar-refractivity contribution in [2.24, 2.45) is 5.73 Å². The molecule has 1 heterocycles. The Balaban J connectivity index is 2.31. The number of benzene rings is 1. The molecule has 10 nitrogen and oxygen atoms in total. The van der Waals surface area contributed by atoms with Gasteiger partial charge in [0.05, 0.1) is 22.7 Å². The maximum atomic E-state index is 14.3. The van der Waals surface area contributed by atoms with Gasteiger partial charge in [-0.05, 0) is 12.1 Å². The number of amidine groups is 1. The van der Waals surface area contributed by atoms with Crippen LogP contribution in [0.5, 0.6) is 0 Å². The summed E-state index contributed by atoms with van der Waals surface area (Å²) in [6, 6.07) is 3.20. The average Bonchev–Trinajstić information content (AvgIpc) is 3.04. The number of hydrogen-bond donors (Lipinski definition) is 5. The lowest BCUT2D eigenvalue weighted by Gasteiger charge is -2.17. The highest BCUT2D eigenvalue weighted by molar-refractivity contribution is 7.74. The summed E-state index contributed by atoms with van der Waals surface area (Å²) in [5.74, 6) is -3.11. The van der Waals surface area contributed by atoms with Gasteiger partial charge in [0.15, 0.2) is 5.69 Å². The number of aromatic carboxylic acids is 1. The summed E-state index contributed by atoms with van der Waals surface area (Å²) >= 11 is 0.765. The average molecular weight is 415 g/mol. The number of carbonyl (C=O) groups excluding carboxylic acids is 1. The number of thiol groups is 1. The molecule has 0 bridgehead atoms. The van der Waals surface area contributed by atoms with Gasteiger partial charge in [-0.3, -0.25) is 10.2 Å². The number of anilines is 3. The van der Waals surface area contributed by atoms with Crippen LogP contribution in [-0.4, -0.2) is 36.2 Å². The van der Waals surface area contributed by atoms with Crippen LogP contribution in [0.1, 0.15) is 23.3 Å². The first-order chi connectivity index (χ1) is 12.7. The second-order valence-corrected chi connectivity index (χ2v) is 6.81. The van der Waals surface area contributed by atoms with Crippen molar-refractivity contribution >= 4 is 56.3 Å². The molecule has 0 unspecified atom stereocenters. The van der Waals surface area contributed by atoms with Crippen molar-refractivity contribution < 1.29 is 27.5 Å². The van der Waals surface area contributed by atoms with Crippen molar-refractivity contribution in [3.63, 3.8) is 0 Å². The van der Waals surface area contributed by atoms with E-state index >= 15 is 0 Å². The third-order valence-corrected chi connectivity index (χ3v) is 4.90. The Morgan fingerprint density at radius 1 is 1.37 bits per heavy atom. The van der Waals surface area contributed by atoms with Crippen molar-refractivity contribution in [3.8, 4) is 0 Å². The molecule has 0 aliphatic rings. The maximum absolute atomic E-state index is 14.3. The fourth-order valence-corrected chi connectivity index (χ4v) is 3.63. The van der Waals surface area contributed by atoms with Gasteiger partial charge in [-0.2, -0.15) is 0 Å². The molecule has 0 saturated carbocycles. The minimum Gasteiger partial charge on any atom is -0.476 e. The SMILES string of the molecule is N=C(N)CCC(=O)Nc1ccc(N(c2scnc2C(=O)O)[SH](=O)=O)cc1F. The number of aromatic nitrogens is 1. The van der Waals surface area contributed by atoms with Gasteiger partial charge in [0.2, 0.25) is 16.8 Å². The molecule has 0 atom stereocenters. The molecule has 2 aromatic rings. The van der Waals surface area contributed by atoms with Gasteiger partial charge >= 0.3 is 5.97 Å². The van der Waals surface area contributed by atoms with Gasteiger partial charge in [0, 0.05) is 18.9 Å². The molecule has 27 heavy (non-hydrogen) atoms. The van der Waals surface area contributed by atoms with Crippen molar-refractivity contribution in [3.05, 3.63) is 35.2 Å². The second-order valence-electron chi connectivity index (χ2n) is 5.10. The number of rotatable bonds is 8. The molecule has 1 aromatic heterocycles. The highest BCUT2D eigenvalue weighted by Crippen LogP contribution is 2.34. The molecule has 1 amide bonds. The number of nitrogens with one attached hydrogen (secondary N) is 2. The summed E-state index contributed by atoms with van der Waals surface area (Å²) in [7, 11) is -3.33. The molecule has 0 spiro atoms. The zero-order valence-corrected chi connectivity index (χ0v) is 15.2. The topological polar surface area (TPSA) is 167 Å². The Kier molecular flexibility index (Phi) is 6.41. The first-order valence-electron chi connectivity index (χ1n) is 7.24. The molecule has 144 valence electrons. The number of carboxylic acids is 1. The number of carbonyl (C=O) groups is 2. The first-order valence-corrected chi connectivity index (χ1v) is 9.25. The minimum atomic E-state index is -3.33. The Morgan fingerprint density at radius 2 is 2.07 bits per heavy atom. The summed E-state index contributed by atoms with van der Waals surface area (Å²) in [6.45, 7) is 0. The largest absolute Gasteiger partial charge is 0.476 e. The van der Waals surface area contributed by atoms with E-state index in [1.165, 1.54) is 6.07 Å². The molecule has 13 heteroatoms. The lowest BCUT2D eigenvalue weighted by Crippen LogP contribution is -2.18. The number of nitrogens with two attached hydrogens (primary N) is 1. The van der Waals surface area contributed by atoms with Gasteiger partial charge in [-0.25, -0.2) is 26.9 Å². The summed E-state index contributed by atoms with van der Waals surface area (Å²) < 4.78 is 38.2. The van der Waals surface area contributed by atoms with E-state index in [4.69, 9.17) is 16.2 Å². The van der Waals surface area contributed by atoms with Crippen LogP contribution in [0.4, 0.5) is 20.8 Å². The third-order valence-electron chi connectivity index (χ3n) is 3.20. The number of halogens is 1. The molecule has 0 aliphatic heterocycles. The Labute approximate surface area is 158 Å². The van der Waals surface area contributed by atoms with Crippen LogP contribution in [0.25, 0.3) is 0 Å². The van der Waals surface area contributed by atoms with Crippen molar-refractivity contribution in [2.45, 2.75) is 12.8 Å². The number of hydrogen-bond acceptors (Lipinski definition) is 7. The van der Waals surface area contributed by atoms with Crippen molar-refractivity contribution in [1.29, 1.82) is 5.41 Å². The van der Waals surface area contributed by atoms with Crippen LogP contribution in [-0.2, 0) is 15.7 Å². The molecular weight excluding hydrogens is 401 g/mol. The Morgan fingerprint density at radius 3 is 2.63 bits per heavy atom. The third kappa shape index (κ3) is 4.98. The fourth-order valence-electron chi connectivity index (χ4n) is 2.02. The van der Waals surface area contributed by atoms with Gasteiger partial charge in [-0.15, -0.1) is 11.3 Å². The Bertz CT molecular complexity index is 967. The van der Waals surface area contributed by atoms with Crippen molar-refractivity contribution in [1.82, 2.24) is 4.98 Å². The van der Waals surface area contributed by atoms with Gasteiger partial charge in [0.25, 0.3) is 0 Å². The van der Waals surface area contributed by atoms with E-state index in [2.05, 4.69) is 10.3 Å². The Hall–Kier alpha value is -3.06. The highest BCUT2D eigenvalue weighted by atomic mass is 32.2. The number of amides is 1. The molecule has 0 aliphatic carbocycles. The number of nitrogens with zero attached hydrogens (tertiary/aromatic N) is 2. The minimum absolute atomic E-state index is 0.0132. The zero-order chi connectivity index (χ0) is 20.1. The smallest absolute Gasteiger partial charge is 0.357 e. The normalized spacial score (nSPS) is 10.6. The van der Waals surface area contributed by atoms with Crippen molar-refractivity contribution in [2.75, 3.05) is 9.62 Å². The lowest BCUT2D eigenvalue weighted by molar-refractivity contribution is -0.116. The van der Waals surface area contributed by atoms with Crippen LogP contribution in [0.2, 0.25) is 0 Å². The molecule has 0 saturated heterocycles. The fraction of sp³-hybridized carbons (Fsp3) is 0.143. The number of carboxylic acid groups (broad SMARTS) is 1. The van der Waals surface area contributed by atoms with E-state index < -0.39 is 34.3 Å². The molecule has 1 aromatic carbocycles. The summed E-state index contributed by atoms with van der Waals surface area (Å²) in [5, 5.41) is 18.2. The van der Waals surface area contributed by atoms with E-state index in [1.807, 2.05) is 0 Å². The molecule has 5 N–H and O–H groups in total. The lowest BCUT2D eigenvalue weighted by atomic mass is 10.2. The quantitative estimate of drug-likeness (QED) is 0.246. The summed E-state index contributed by atoms with van der Waals surface area (Å²) in [6.07, 6.45) is -0.1000. The van der Waals surface area contributed by atoms with Crippen LogP contribution < -0.4 is 15.4 Å². The zero-order valence-electron chi connectivity index (χ0n) is 13.5. The predicted octanol–water partition coefficient (Wildman–Crippen LogP) is 1.30. The van der Waals surface area contributed by atoms with Crippen LogP contribution in [0.15, 0.2) is 23.7 Å². The summed E-state index contributed by atoms with van der Waals surface area (Å²) in [4.78, 5) is 26.5. The molecule has 0 fully saturated rings. The second kappa shape index (κ2) is 8.55. The van der Waals surface area contributed by atoms with E-state index in [-0.39, 0.29) is 35.1 Å². The van der Waals surface area contributed by atoms with E-state index in [0.29, 0.717) is 4.31 Å². The molecule has 2 rings (SSSR count). The standard InChI is InChI=1S/C14H14FN5O5S2/c15-8-5-7(1-2-9(8)19-11(21)4-3-10(16)17)20(27(24)25)13-12(14(22)23)18-6-26-13/h1-2,5-6,27H,3-4H2,(H3,16,17)(H,19,21)(H,22,23). The maximum Gasteiger partial charge on any atom is 0.357 e. The van der Waals surface area contributed by atoms with Crippen LogP contribution in [0, 0.1) is 11.2 Å². The molecular formula is C14H14FN5O5S2. The van der Waals surface area contributed by atoms with E-state index in [9.17, 15) is 22.4 Å². The highest BCUT2D eigenvalue weighted by Gasteiger charge is 2.23. The van der Waals surface area contributed by atoms with E-state index in [0.717, 1.165) is 29.0 Å². The monoisotopic (exact) mass is 415 g/mol. The number of thiazole rings is 1. The molecule has 0 radical (unpaired) electrons. The van der Waals surface area contributed by atoms with Gasteiger partial charge in [-0.1, -0.05) is 0 Å². The van der Waals surface area contributed by atoms with Gasteiger partial charge in [0.1, 0.15) is 10.8 Å². The van der Waals surface area contributed by atoms with Crippen LogP contribution >= 0.6 is 11.3 Å². The van der Waals surface area contributed by atoms with E-state index in [1.54, 1.807) is 0 Å².